The van der Waals surface area contributed by atoms with E-state index in [1.54, 1.807) is 0 Å². The molecule has 0 aliphatic heterocycles. The van der Waals surface area contributed by atoms with Crippen molar-refractivity contribution in [2.75, 3.05) is 54.1 Å². The number of phosphoric ester groups is 1. The van der Waals surface area contributed by atoms with Gasteiger partial charge < -0.3 is 18.9 Å². The van der Waals surface area contributed by atoms with E-state index in [-0.39, 0.29) is 25.8 Å². The molecule has 8 nitrogen and oxygen atoms in total. The van der Waals surface area contributed by atoms with Crippen LogP contribution in [0.1, 0.15) is 187 Å². The summed E-state index contributed by atoms with van der Waals surface area (Å²) in [7, 11) is 1.65. The summed E-state index contributed by atoms with van der Waals surface area (Å²) in [5.74, 6) is -0.328. The minimum absolute atomic E-state index is 0.0821. The maximum Gasteiger partial charge on any atom is 0.472 e. The summed E-state index contributed by atoms with van der Waals surface area (Å²) < 4.78 is 35.1. The summed E-state index contributed by atoms with van der Waals surface area (Å²) in [6.07, 6.45) is 56.5. The molecular weight excluding hydrogens is 770 g/mol. The van der Waals surface area contributed by atoms with Crippen LogP contribution in [0, 0.1) is 0 Å². The van der Waals surface area contributed by atoms with Gasteiger partial charge in [-0.15, -0.1) is 0 Å². The van der Waals surface area contributed by atoms with Gasteiger partial charge in [0.1, 0.15) is 19.3 Å². The first-order valence-electron chi connectivity index (χ1n) is 24.2. The molecule has 2 atom stereocenters. The van der Waals surface area contributed by atoms with Gasteiger partial charge in [-0.2, -0.15) is 0 Å². The van der Waals surface area contributed by atoms with E-state index < -0.39 is 13.9 Å². The molecule has 0 aromatic heterocycles. The zero-order valence-corrected chi connectivity index (χ0v) is 40.3. The van der Waals surface area contributed by atoms with Crippen LogP contribution < -0.4 is 0 Å². The Morgan fingerprint density at radius 1 is 0.533 bits per heavy atom. The van der Waals surface area contributed by atoms with Crippen molar-refractivity contribution in [1.82, 2.24) is 0 Å². The third kappa shape index (κ3) is 47.0. The molecule has 0 aromatic rings. The number of unbranched alkanes of at least 4 members (excludes halogenated alkanes) is 18. The van der Waals surface area contributed by atoms with Crippen LogP contribution in [0.4, 0.5) is 0 Å². The number of allylic oxidation sites excluding steroid dienone is 12. The van der Waals surface area contributed by atoms with Gasteiger partial charge in [0.25, 0.3) is 0 Å². The van der Waals surface area contributed by atoms with Gasteiger partial charge in [-0.05, 0) is 83.5 Å². The van der Waals surface area contributed by atoms with E-state index in [9.17, 15) is 14.3 Å². The van der Waals surface area contributed by atoms with Crippen molar-refractivity contribution in [1.29, 1.82) is 0 Å². The van der Waals surface area contributed by atoms with E-state index in [2.05, 4.69) is 86.8 Å². The molecule has 1 N–H and O–H groups in total. The molecule has 2 unspecified atom stereocenters. The van der Waals surface area contributed by atoms with Crippen LogP contribution in [0.5, 0.6) is 0 Å². The maximum absolute atomic E-state index is 12.7. The molecule has 0 rings (SSSR count). The highest BCUT2D eigenvalue weighted by molar-refractivity contribution is 7.47. The Labute approximate surface area is 370 Å². The first-order valence-corrected chi connectivity index (χ1v) is 25.7. The normalized spacial score (nSPS) is 14.3. The van der Waals surface area contributed by atoms with E-state index in [4.69, 9.17) is 18.5 Å². The van der Waals surface area contributed by atoms with E-state index in [1.807, 2.05) is 21.1 Å². The molecule has 9 heteroatoms. The van der Waals surface area contributed by atoms with Crippen molar-refractivity contribution in [2.45, 2.75) is 193 Å². The molecule has 0 spiro atoms. The molecule has 0 amide bonds. The third-order valence-corrected chi connectivity index (χ3v) is 11.0. The Bertz CT molecular complexity index is 1190. The first kappa shape index (κ1) is 57.9. The van der Waals surface area contributed by atoms with Crippen LogP contribution in [-0.4, -0.2) is 75.6 Å². The second-order valence-electron chi connectivity index (χ2n) is 17.1. The minimum Gasteiger partial charge on any atom is -0.457 e. The number of phosphoric acid groups is 1. The predicted molar refractivity (Wildman–Crippen MR) is 256 cm³/mol. The predicted octanol–water partition coefficient (Wildman–Crippen LogP) is 14.7. The Balaban J connectivity index is 4.18. The van der Waals surface area contributed by atoms with Gasteiger partial charge in [-0.3, -0.25) is 13.8 Å². The molecule has 0 aromatic carbocycles. The lowest BCUT2D eigenvalue weighted by atomic mass is 10.1. The summed E-state index contributed by atoms with van der Waals surface area (Å²) in [5.41, 5.74) is 0. The largest absolute Gasteiger partial charge is 0.472 e. The van der Waals surface area contributed by atoms with Crippen molar-refractivity contribution < 1.29 is 37.3 Å². The van der Waals surface area contributed by atoms with Crippen LogP contribution in [0.3, 0.4) is 0 Å². The maximum atomic E-state index is 12.7. The van der Waals surface area contributed by atoms with Crippen molar-refractivity contribution in [3.05, 3.63) is 72.9 Å². The monoisotopic (exact) mass is 863 g/mol. The quantitative estimate of drug-likeness (QED) is 0.0214. The van der Waals surface area contributed by atoms with Crippen molar-refractivity contribution >= 4 is 13.8 Å². The van der Waals surface area contributed by atoms with E-state index >= 15 is 0 Å². The number of nitrogens with zero attached hydrogens (tertiary/aromatic N) is 1. The second kappa shape index (κ2) is 43.6. The smallest absolute Gasteiger partial charge is 0.457 e. The molecule has 0 fully saturated rings. The summed E-state index contributed by atoms with van der Waals surface area (Å²) in [5, 5.41) is 0. The third-order valence-electron chi connectivity index (χ3n) is 10.0. The fraction of sp³-hybridized carbons (Fsp3) is 0.745. The number of rotatable bonds is 44. The number of likely N-dealkylation sites (N-methyl/N-ethyl adjacent to an activating group) is 1. The molecular formula is C51H93NO7P+. The standard InChI is InChI=1S/C51H92NO7P/c1-6-8-10-12-14-16-18-20-22-23-24-25-26-27-28-29-30-31-33-35-37-39-41-43-46-56-48-50(49-58-60(54,55)57-47-45-52(3,4)5)59-51(53)44-42-40-38-36-34-32-21-19-17-15-13-11-9-7-2/h8,10,14,16,19-22,24-25,27-28,50H,6-7,9,11-13,15,17-18,23,26,29-49H2,1-5H3/p+1/b10-8-,16-14-,21-19-,22-20-,25-24-,28-27-. The second-order valence-corrected chi connectivity index (χ2v) is 18.6. The molecule has 0 saturated carbocycles. The van der Waals surface area contributed by atoms with Gasteiger partial charge in [-0.1, -0.05) is 170 Å². The molecule has 0 bridgehead atoms. The first-order chi connectivity index (χ1) is 29.1. The highest BCUT2D eigenvalue weighted by atomic mass is 31.2. The molecule has 0 saturated heterocycles. The average Bonchev–Trinajstić information content (AvgIpc) is 3.20. The van der Waals surface area contributed by atoms with Crippen molar-refractivity contribution in [3.63, 3.8) is 0 Å². The lowest BCUT2D eigenvalue weighted by molar-refractivity contribution is -0.870. The van der Waals surface area contributed by atoms with Gasteiger partial charge in [0.05, 0.1) is 34.4 Å². The summed E-state index contributed by atoms with van der Waals surface area (Å²) in [4.78, 5) is 22.9. The molecule has 348 valence electrons. The summed E-state index contributed by atoms with van der Waals surface area (Å²) in [6, 6.07) is 0. The molecule has 0 heterocycles. The van der Waals surface area contributed by atoms with E-state index in [0.29, 0.717) is 24.1 Å². The van der Waals surface area contributed by atoms with Gasteiger partial charge in [-0.25, -0.2) is 4.57 Å². The van der Waals surface area contributed by atoms with Crippen LogP contribution in [0.2, 0.25) is 0 Å². The lowest BCUT2D eigenvalue weighted by Crippen LogP contribution is -2.37. The number of hydrogen-bond acceptors (Lipinski definition) is 6. The van der Waals surface area contributed by atoms with Gasteiger partial charge in [0.2, 0.25) is 0 Å². The number of quaternary nitrogens is 1. The van der Waals surface area contributed by atoms with E-state index in [1.165, 1.54) is 83.5 Å². The highest BCUT2D eigenvalue weighted by Crippen LogP contribution is 2.43. The molecule has 0 aliphatic rings. The zero-order chi connectivity index (χ0) is 44.1. The SMILES string of the molecule is CC/C=C\C/C=C\C/C=C\C/C=C\C/C=C\CCCCCCCCCCOCC(COP(=O)(O)OCC[N+](C)(C)C)OC(=O)CCCCCCC/C=C\CCCCCCC. The number of carbonyl (C=O) groups excluding carboxylic acids is 1. The van der Waals surface area contributed by atoms with Crippen LogP contribution in [-0.2, 0) is 27.9 Å². The summed E-state index contributed by atoms with van der Waals surface area (Å²) >= 11 is 0. The fourth-order valence-electron chi connectivity index (χ4n) is 6.28. The van der Waals surface area contributed by atoms with Gasteiger partial charge in [0.15, 0.2) is 0 Å². The van der Waals surface area contributed by atoms with Crippen LogP contribution >= 0.6 is 7.82 Å². The Hall–Kier alpha value is -2.06. The molecule has 0 aliphatic carbocycles. The Kier molecular flexibility index (Phi) is 42.1. The topological polar surface area (TPSA) is 91.3 Å². The minimum atomic E-state index is -4.29. The van der Waals surface area contributed by atoms with Gasteiger partial charge >= 0.3 is 13.8 Å². The van der Waals surface area contributed by atoms with E-state index in [0.717, 1.165) is 83.5 Å². The van der Waals surface area contributed by atoms with Crippen LogP contribution in [0.25, 0.3) is 0 Å². The summed E-state index contributed by atoms with van der Waals surface area (Å²) in [6.45, 7) is 5.46. The fourth-order valence-corrected chi connectivity index (χ4v) is 7.02. The van der Waals surface area contributed by atoms with Crippen LogP contribution in [0.15, 0.2) is 72.9 Å². The number of esters is 1. The zero-order valence-electron chi connectivity index (χ0n) is 39.4. The number of carbonyl (C=O) groups is 1. The lowest BCUT2D eigenvalue weighted by Gasteiger charge is -2.24. The molecule has 60 heavy (non-hydrogen) atoms. The number of ether oxygens (including phenoxy) is 2. The van der Waals surface area contributed by atoms with Gasteiger partial charge in [0, 0.05) is 13.0 Å². The number of hydrogen-bond donors (Lipinski definition) is 1. The van der Waals surface area contributed by atoms with Crippen molar-refractivity contribution in [3.8, 4) is 0 Å². The Morgan fingerprint density at radius 2 is 0.967 bits per heavy atom. The highest BCUT2D eigenvalue weighted by Gasteiger charge is 2.26. The average molecular weight is 863 g/mol. The van der Waals surface area contributed by atoms with Crippen molar-refractivity contribution in [2.24, 2.45) is 0 Å². The Morgan fingerprint density at radius 3 is 1.47 bits per heavy atom. The molecule has 0 radical (unpaired) electrons.